The number of rotatable bonds is 1. The number of hydrogen-bond donors (Lipinski definition) is 0. The lowest BCUT2D eigenvalue weighted by Gasteiger charge is -2.32. The highest BCUT2D eigenvalue weighted by Crippen LogP contribution is 2.65. The van der Waals surface area contributed by atoms with Gasteiger partial charge in [-0.15, -0.1) is 0 Å². The van der Waals surface area contributed by atoms with Gasteiger partial charge in [0.2, 0.25) is 0 Å². The molecule has 0 unspecified atom stereocenters. The smallest absolute Gasteiger partial charge is 0.263 e. The Morgan fingerprint density at radius 3 is 1.19 bits per heavy atom. The molecule has 0 N–H and O–H groups in total. The van der Waals surface area contributed by atoms with Crippen LogP contribution in [0.2, 0.25) is 0 Å². The fourth-order valence-corrected chi connectivity index (χ4v) is 12.2. The summed E-state index contributed by atoms with van der Waals surface area (Å²) >= 11 is 0. The summed E-state index contributed by atoms with van der Waals surface area (Å²) in [5.74, 6) is 0. The van der Waals surface area contributed by atoms with E-state index in [1.807, 2.05) is 16.7 Å². The topological polar surface area (TPSA) is 22.0 Å². The molecule has 0 amide bonds. The lowest BCUT2D eigenvalue weighted by Crippen LogP contribution is -2.28. The molecule has 1 aromatic heterocycles. The van der Waals surface area contributed by atoms with Crippen LogP contribution in [0.4, 0.5) is 0 Å². The van der Waals surface area contributed by atoms with E-state index in [2.05, 4.69) is 188 Å². The number of hydrogen-bond acceptors (Lipinski definition) is 1. The van der Waals surface area contributed by atoms with Gasteiger partial charge in [-0.05, 0) is 119 Å². The molecule has 4 aliphatic carbocycles. The minimum absolute atomic E-state index is 0.0124. The van der Waals surface area contributed by atoms with E-state index >= 15 is 4.79 Å². The van der Waals surface area contributed by atoms with Crippen LogP contribution in [0.25, 0.3) is 71.9 Å². The summed E-state index contributed by atoms with van der Waals surface area (Å²) in [6.07, 6.45) is 0. The summed E-state index contributed by atoms with van der Waals surface area (Å²) in [5, 5.41) is 2.82. The number of benzene rings is 9. The molecule has 0 fully saturated rings. The van der Waals surface area contributed by atoms with Crippen LogP contribution in [0.3, 0.4) is 0 Å². The van der Waals surface area contributed by atoms with E-state index in [9.17, 15) is 0 Å². The molecule has 2 nitrogen and oxygen atoms in total. The van der Waals surface area contributed by atoms with E-state index in [0.717, 1.165) is 22.0 Å². The Morgan fingerprint density at radius 1 is 0.322 bits per heavy atom. The first-order chi connectivity index (χ1) is 29.2. The molecule has 1 heterocycles. The molecule has 4 aliphatic rings. The third-order valence-corrected chi connectivity index (χ3v) is 14.2. The molecule has 0 bridgehead atoms. The molecule has 2 heteroatoms. The number of nitrogens with zero attached hydrogens (tertiary/aromatic N) is 1. The number of pyridine rings is 1. The zero-order chi connectivity index (χ0) is 38.6. The Bertz CT molecular complexity index is 3480. The highest BCUT2D eigenvalue weighted by Gasteiger charge is 2.54. The molecule has 0 atom stereocenters. The number of fused-ring (bicyclic) bond motifs is 24. The van der Waals surface area contributed by atoms with Crippen LogP contribution in [0.5, 0.6) is 0 Å². The molecular weight excluding hydrogens is 715 g/mol. The SMILES string of the molecule is O=c1c2ccccc2c2c3c(ccc2n1-c1ccc2c(c1)C1(c4ccccc4-c4ccccc41)c1ccccc1-2)-c1ccccc1C31c2ccccc2-c2ccccc21. The van der Waals surface area contributed by atoms with Crippen LogP contribution in [-0.4, -0.2) is 4.57 Å². The van der Waals surface area contributed by atoms with Crippen molar-refractivity contribution in [2.75, 3.05) is 0 Å². The van der Waals surface area contributed by atoms with Gasteiger partial charge in [0, 0.05) is 16.5 Å². The van der Waals surface area contributed by atoms with Gasteiger partial charge in [-0.3, -0.25) is 9.36 Å². The quantitative estimate of drug-likeness (QED) is 0.153. The lowest BCUT2D eigenvalue weighted by atomic mass is 9.69. The molecule has 14 rings (SSSR count). The zero-order valence-electron chi connectivity index (χ0n) is 31.9. The summed E-state index contributed by atoms with van der Waals surface area (Å²) in [6.45, 7) is 0. The highest BCUT2D eigenvalue weighted by molar-refractivity contribution is 6.14. The van der Waals surface area contributed by atoms with E-state index in [1.165, 1.54) is 89.0 Å². The normalized spacial score (nSPS) is 14.8. The van der Waals surface area contributed by atoms with Gasteiger partial charge in [-0.1, -0.05) is 176 Å². The van der Waals surface area contributed by atoms with Gasteiger partial charge in [0.05, 0.1) is 16.3 Å². The predicted molar refractivity (Wildman–Crippen MR) is 240 cm³/mol. The number of aromatic nitrogens is 1. The van der Waals surface area contributed by atoms with Crippen molar-refractivity contribution < 1.29 is 0 Å². The van der Waals surface area contributed by atoms with Gasteiger partial charge in [-0.25, -0.2) is 0 Å². The summed E-state index contributed by atoms with van der Waals surface area (Å²) in [5.41, 5.74) is 20.9. The first kappa shape index (κ1) is 31.5. The minimum atomic E-state index is -0.565. The van der Waals surface area contributed by atoms with Crippen LogP contribution >= 0.6 is 0 Å². The van der Waals surface area contributed by atoms with Crippen molar-refractivity contribution in [3.05, 3.63) is 255 Å². The van der Waals surface area contributed by atoms with E-state index in [1.54, 1.807) is 0 Å². The van der Waals surface area contributed by atoms with Crippen molar-refractivity contribution in [1.29, 1.82) is 0 Å². The van der Waals surface area contributed by atoms with E-state index in [0.29, 0.717) is 5.39 Å². The summed E-state index contributed by atoms with van der Waals surface area (Å²) < 4.78 is 2.02. The van der Waals surface area contributed by atoms with Crippen LogP contribution in [0.1, 0.15) is 44.5 Å². The lowest BCUT2D eigenvalue weighted by molar-refractivity contribution is 0.791. The van der Waals surface area contributed by atoms with Gasteiger partial charge in [-0.2, -0.15) is 0 Å². The van der Waals surface area contributed by atoms with Crippen molar-refractivity contribution >= 4 is 21.7 Å². The fourth-order valence-electron chi connectivity index (χ4n) is 12.2. The standard InChI is InChI=1S/C57H33NO/c59-55-44-22-2-1-21-42(44)53-52(32-31-43-40-20-8-14-28-50(40)57(54(43)53)48-26-12-6-17-37(48)38-18-7-13-27-49(38)57)58(55)34-29-30-41-39-19-5-11-25-47(39)56(51(41)33-34)45-23-9-3-15-35(45)36-16-4-10-24-46(36)56/h1-33H. The van der Waals surface area contributed by atoms with E-state index in [-0.39, 0.29) is 5.56 Å². The van der Waals surface area contributed by atoms with Crippen molar-refractivity contribution in [3.63, 3.8) is 0 Å². The minimum Gasteiger partial charge on any atom is -0.276 e. The van der Waals surface area contributed by atoms with Gasteiger partial charge in [0.25, 0.3) is 5.56 Å². The Kier molecular flexibility index (Phi) is 5.82. The van der Waals surface area contributed by atoms with Gasteiger partial charge in [0.1, 0.15) is 0 Å². The second-order valence-corrected chi connectivity index (χ2v) is 16.6. The summed E-state index contributed by atoms with van der Waals surface area (Å²) in [7, 11) is 0. The van der Waals surface area contributed by atoms with Gasteiger partial charge < -0.3 is 0 Å². The summed E-state index contributed by atoms with van der Waals surface area (Å²) in [4.78, 5) is 15.4. The first-order valence-corrected chi connectivity index (χ1v) is 20.6. The van der Waals surface area contributed by atoms with E-state index < -0.39 is 10.8 Å². The Balaban J connectivity index is 1.13. The first-order valence-electron chi connectivity index (χ1n) is 20.6. The molecule has 0 radical (unpaired) electrons. The zero-order valence-corrected chi connectivity index (χ0v) is 31.9. The molecule has 0 saturated carbocycles. The molecule has 9 aromatic carbocycles. The summed E-state index contributed by atoms with van der Waals surface area (Å²) in [6, 6.07) is 73.1. The Labute approximate surface area is 340 Å². The molecular formula is C57H33NO. The largest absolute Gasteiger partial charge is 0.276 e. The maximum Gasteiger partial charge on any atom is 0.263 e. The van der Waals surface area contributed by atoms with Crippen molar-refractivity contribution in [1.82, 2.24) is 4.57 Å². The van der Waals surface area contributed by atoms with Crippen molar-refractivity contribution in [2.24, 2.45) is 0 Å². The fraction of sp³-hybridized carbons (Fsp3) is 0.0351. The van der Waals surface area contributed by atoms with E-state index in [4.69, 9.17) is 0 Å². The van der Waals surface area contributed by atoms with Crippen molar-refractivity contribution in [2.45, 2.75) is 10.8 Å². The second-order valence-electron chi connectivity index (χ2n) is 16.6. The van der Waals surface area contributed by atoms with Crippen LogP contribution in [0.15, 0.2) is 205 Å². The van der Waals surface area contributed by atoms with Crippen LogP contribution < -0.4 is 5.56 Å². The molecule has 0 aliphatic heterocycles. The van der Waals surface area contributed by atoms with Crippen LogP contribution in [-0.2, 0) is 10.8 Å². The molecule has 10 aromatic rings. The maximum absolute atomic E-state index is 15.4. The average molecular weight is 748 g/mol. The van der Waals surface area contributed by atoms with Gasteiger partial charge in [0.15, 0.2) is 0 Å². The monoisotopic (exact) mass is 747 g/mol. The highest BCUT2D eigenvalue weighted by atomic mass is 16.1. The van der Waals surface area contributed by atoms with Gasteiger partial charge >= 0.3 is 0 Å². The predicted octanol–water partition coefficient (Wildman–Crippen LogP) is 12.8. The molecule has 2 spiro atoms. The van der Waals surface area contributed by atoms with Crippen LogP contribution in [0, 0.1) is 0 Å². The Hall–Kier alpha value is -7.55. The third kappa shape index (κ3) is 3.52. The Morgan fingerprint density at radius 2 is 0.695 bits per heavy atom. The molecule has 272 valence electrons. The van der Waals surface area contributed by atoms with Crippen molar-refractivity contribution in [3.8, 4) is 50.2 Å². The third-order valence-electron chi connectivity index (χ3n) is 14.2. The maximum atomic E-state index is 15.4. The molecule has 59 heavy (non-hydrogen) atoms. The second kappa shape index (κ2) is 10.9. The average Bonchev–Trinajstić information content (AvgIpc) is 3.98. The molecule has 0 saturated heterocycles.